The smallest absolute Gasteiger partial charge is 0.217 e. The third-order valence-electron chi connectivity index (χ3n) is 6.30. The first-order valence-electron chi connectivity index (χ1n) is 11.6. The number of hydrogen-bond acceptors (Lipinski definition) is 6. The lowest BCUT2D eigenvalue weighted by Gasteiger charge is -2.26. The Balaban J connectivity index is 0.00000342. The summed E-state index contributed by atoms with van der Waals surface area (Å²) in [5.74, 6) is 5.84. The van der Waals surface area contributed by atoms with Gasteiger partial charge in [0.15, 0.2) is 17.0 Å². The zero-order valence-corrected chi connectivity index (χ0v) is 20.4. The number of carbonyl (C=O) groups excluding carboxylic acids is 1. The quantitative estimate of drug-likeness (QED) is 0.439. The van der Waals surface area contributed by atoms with Gasteiger partial charge in [0, 0.05) is 18.0 Å². The first kappa shape index (κ1) is 26.4. The predicted molar refractivity (Wildman–Crippen MR) is 135 cm³/mol. The second kappa shape index (κ2) is 11.0. The number of hydrogen-bond donors (Lipinski definition) is 3. The van der Waals surface area contributed by atoms with E-state index >= 15 is 0 Å². The molecule has 8 nitrogen and oxygen atoms in total. The number of nitrogen functional groups attached to an aromatic ring is 1. The number of aliphatic hydroxyl groups is 1. The first-order valence-corrected chi connectivity index (χ1v) is 11.6. The molecule has 1 amide bonds. The van der Waals surface area contributed by atoms with Crippen molar-refractivity contribution in [2.24, 2.45) is 5.73 Å². The number of aromatic nitrogens is 4. The molecule has 186 valence electrons. The molecule has 35 heavy (non-hydrogen) atoms. The average Bonchev–Trinajstić information content (AvgIpc) is 3.19. The monoisotopic (exact) mass is 500 g/mol. The Morgan fingerprint density at radius 3 is 2.66 bits per heavy atom. The second-order valence-electron chi connectivity index (χ2n) is 8.83. The number of rotatable bonds is 6. The molecule has 0 saturated heterocycles. The second-order valence-corrected chi connectivity index (χ2v) is 8.83. The Labute approximate surface area is 209 Å². The molecule has 0 aliphatic heterocycles. The molecule has 4 rings (SSSR count). The molecule has 0 bridgehead atoms. The molecule has 1 aliphatic carbocycles. The van der Waals surface area contributed by atoms with E-state index in [1.54, 1.807) is 12.1 Å². The number of amides is 1. The van der Waals surface area contributed by atoms with E-state index in [4.69, 9.17) is 11.5 Å². The summed E-state index contributed by atoms with van der Waals surface area (Å²) in [6.45, 7) is 1.98. The molecule has 2 heterocycles. The number of benzene rings is 1. The van der Waals surface area contributed by atoms with Crippen molar-refractivity contribution in [1.82, 2.24) is 19.5 Å². The number of nitrogens with two attached hydrogens (primary N) is 2. The zero-order chi connectivity index (χ0) is 24.3. The van der Waals surface area contributed by atoms with Crippen LogP contribution in [-0.4, -0.2) is 36.1 Å². The van der Waals surface area contributed by atoms with Crippen LogP contribution >= 0.6 is 12.4 Å². The van der Waals surface area contributed by atoms with Gasteiger partial charge in [0.05, 0.1) is 0 Å². The number of imidazole rings is 1. The van der Waals surface area contributed by atoms with E-state index in [2.05, 4.69) is 26.8 Å². The van der Waals surface area contributed by atoms with Crippen molar-refractivity contribution < 1.29 is 14.3 Å². The molecule has 0 radical (unpaired) electrons. The minimum Gasteiger partial charge on any atom is -0.382 e. The molecule has 1 unspecified atom stereocenters. The molecule has 1 fully saturated rings. The highest BCUT2D eigenvalue weighted by Gasteiger charge is 2.27. The Morgan fingerprint density at radius 2 is 2.00 bits per heavy atom. The summed E-state index contributed by atoms with van der Waals surface area (Å²) in [4.78, 5) is 25.1. The Bertz CT molecular complexity index is 1280. The fourth-order valence-electron chi connectivity index (χ4n) is 4.49. The van der Waals surface area contributed by atoms with E-state index in [-0.39, 0.29) is 36.5 Å². The van der Waals surface area contributed by atoms with Crippen LogP contribution in [0.25, 0.3) is 22.6 Å². The minimum absolute atomic E-state index is 0. The van der Waals surface area contributed by atoms with Crippen LogP contribution in [0.4, 0.5) is 10.2 Å². The van der Waals surface area contributed by atoms with Gasteiger partial charge in [-0.2, -0.15) is 0 Å². The Hall–Kier alpha value is -3.22. The van der Waals surface area contributed by atoms with E-state index in [1.807, 2.05) is 11.5 Å². The van der Waals surface area contributed by atoms with Crippen molar-refractivity contribution in [1.29, 1.82) is 0 Å². The lowest BCUT2D eigenvalue weighted by molar-refractivity contribution is -0.118. The van der Waals surface area contributed by atoms with Crippen molar-refractivity contribution in [3.63, 3.8) is 0 Å². The van der Waals surface area contributed by atoms with Gasteiger partial charge in [-0.1, -0.05) is 31.4 Å². The normalized spacial score (nSPS) is 15.6. The highest BCUT2D eigenvalue weighted by Crippen LogP contribution is 2.33. The molecule has 2 aromatic heterocycles. The van der Waals surface area contributed by atoms with Gasteiger partial charge in [0.1, 0.15) is 17.2 Å². The molecule has 0 spiro atoms. The van der Waals surface area contributed by atoms with Crippen LogP contribution in [0.5, 0.6) is 0 Å². The SMILES string of the molecule is CCC(CCC(N)=O)n1c(-c2cccc(F)c2)nc2c(N)nc(C#CC3(O)CCCCC3)nc21.Cl. The van der Waals surface area contributed by atoms with Gasteiger partial charge < -0.3 is 21.1 Å². The van der Waals surface area contributed by atoms with Gasteiger partial charge in [0.25, 0.3) is 0 Å². The fraction of sp³-hybridized carbons (Fsp3) is 0.440. The molecule has 1 aromatic carbocycles. The molecule has 5 N–H and O–H groups in total. The number of primary amides is 1. The van der Waals surface area contributed by atoms with Crippen molar-refractivity contribution in [3.8, 4) is 23.2 Å². The lowest BCUT2D eigenvalue weighted by atomic mass is 9.85. The minimum atomic E-state index is -1.05. The van der Waals surface area contributed by atoms with E-state index < -0.39 is 17.3 Å². The molecule has 10 heteroatoms. The van der Waals surface area contributed by atoms with Crippen LogP contribution in [0.1, 0.15) is 70.2 Å². The third-order valence-corrected chi connectivity index (χ3v) is 6.30. The van der Waals surface area contributed by atoms with E-state index in [0.29, 0.717) is 48.2 Å². The summed E-state index contributed by atoms with van der Waals surface area (Å²) >= 11 is 0. The number of halogens is 2. The first-order chi connectivity index (χ1) is 16.3. The van der Waals surface area contributed by atoms with E-state index in [0.717, 1.165) is 19.3 Å². The summed E-state index contributed by atoms with van der Waals surface area (Å²) in [6, 6.07) is 5.92. The fourth-order valence-corrected chi connectivity index (χ4v) is 4.49. The van der Waals surface area contributed by atoms with Crippen LogP contribution in [0, 0.1) is 17.7 Å². The van der Waals surface area contributed by atoms with Crippen LogP contribution in [0.3, 0.4) is 0 Å². The maximum atomic E-state index is 14.0. The van der Waals surface area contributed by atoms with Gasteiger partial charge in [-0.3, -0.25) is 4.79 Å². The molecule has 3 aromatic rings. The average molecular weight is 501 g/mol. The topological polar surface area (TPSA) is 133 Å². The van der Waals surface area contributed by atoms with Crippen LogP contribution in [0.2, 0.25) is 0 Å². The van der Waals surface area contributed by atoms with Crippen LogP contribution < -0.4 is 11.5 Å². The highest BCUT2D eigenvalue weighted by molar-refractivity contribution is 5.86. The number of nitrogens with zero attached hydrogens (tertiary/aromatic N) is 4. The summed E-state index contributed by atoms with van der Waals surface area (Å²) in [5, 5.41) is 10.7. The van der Waals surface area contributed by atoms with Crippen LogP contribution in [0.15, 0.2) is 24.3 Å². The zero-order valence-electron chi connectivity index (χ0n) is 19.6. The molecule has 1 saturated carbocycles. The van der Waals surface area contributed by atoms with Crippen molar-refractivity contribution in [2.75, 3.05) is 5.73 Å². The standard InChI is InChI=1S/C25H29FN6O2.ClH/c1-2-18(9-10-19(27)33)32-23(16-7-6-8-17(26)15-16)31-21-22(28)29-20(30-24(21)32)11-14-25(34)12-4-3-5-13-25;/h6-8,15,18,34H,2-5,9-10,12-13H2,1H3,(H2,27,33)(H2,28,29,30);1H. The maximum Gasteiger partial charge on any atom is 0.217 e. The van der Waals surface area contributed by atoms with E-state index in [9.17, 15) is 14.3 Å². The van der Waals surface area contributed by atoms with Gasteiger partial charge in [-0.25, -0.2) is 19.3 Å². The summed E-state index contributed by atoms with van der Waals surface area (Å²) in [6.07, 6.45) is 5.47. The van der Waals surface area contributed by atoms with E-state index in [1.165, 1.54) is 12.1 Å². The summed E-state index contributed by atoms with van der Waals surface area (Å²) in [7, 11) is 0. The van der Waals surface area contributed by atoms with Crippen molar-refractivity contribution >= 4 is 35.3 Å². The lowest BCUT2D eigenvalue weighted by Crippen LogP contribution is -2.29. The van der Waals surface area contributed by atoms with Crippen molar-refractivity contribution in [2.45, 2.75) is 69.9 Å². The number of fused-ring (bicyclic) bond motifs is 1. The predicted octanol–water partition coefficient (Wildman–Crippen LogP) is 3.90. The third kappa shape index (κ3) is 5.89. The molecule has 1 atom stereocenters. The molecule has 1 aliphatic rings. The molecular formula is C25H30ClFN6O2. The highest BCUT2D eigenvalue weighted by atomic mass is 35.5. The van der Waals surface area contributed by atoms with Gasteiger partial charge >= 0.3 is 0 Å². The van der Waals surface area contributed by atoms with Gasteiger partial charge in [0.2, 0.25) is 11.7 Å². The molecular weight excluding hydrogens is 471 g/mol. The number of carbonyl (C=O) groups is 1. The summed E-state index contributed by atoms with van der Waals surface area (Å²) in [5.41, 5.74) is 12.0. The van der Waals surface area contributed by atoms with Gasteiger partial charge in [-0.05, 0) is 56.6 Å². The van der Waals surface area contributed by atoms with Crippen molar-refractivity contribution in [3.05, 3.63) is 35.9 Å². The number of anilines is 1. The summed E-state index contributed by atoms with van der Waals surface area (Å²) < 4.78 is 15.9. The Morgan fingerprint density at radius 1 is 1.26 bits per heavy atom. The van der Waals surface area contributed by atoms with Gasteiger partial charge in [-0.15, -0.1) is 12.4 Å². The Kier molecular flexibility index (Phi) is 8.30. The maximum absolute atomic E-state index is 14.0. The van der Waals surface area contributed by atoms with Crippen LogP contribution in [-0.2, 0) is 4.79 Å². The largest absolute Gasteiger partial charge is 0.382 e.